The summed E-state index contributed by atoms with van der Waals surface area (Å²) in [6, 6.07) is 14.6. The van der Waals surface area contributed by atoms with Crippen molar-refractivity contribution in [3.63, 3.8) is 0 Å². The molecule has 0 amide bonds. The fourth-order valence-corrected chi connectivity index (χ4v) is 3.57. The van der Waals surface area contributed by atoms with E-state index in [1.807, 2.05) is 28.8 Å². The molecule has 8 heteroatoms. The number of guanidine groups is 1. The molecule has 0 aliphatic carbocycles. The standard InChI is InChI=1S/C21H27N7.HI/c1-2-22-21(24-15-20-26-25-19-9-5-6-12-28(19)20)23-11-14-27-13-10-17-7-3-4-8-18(17)16-27;/h3-9,12H,2,10-11,13-16H2,1H3,(H2,22,23,24);1H. The second-order valence-corrected chi connectivity index (χ2v) is 6.96. The van der Waals surface area contributed by atoms with Crippen LogP contribution < -0.4 is 10.6 Å². The summed E-state index contributed by atoms with van der Waals surface area (Å²) in [5, 5.41) is 15.2. The Morgan fingerprint density at radius 2 is 1.90 bits per heavy atom. The van der Waals surface area contributed by atoms with Crippen molar-refractivity contribution in [1.29, 1.82) is 0 Å². The van der Waals surface area contributed by atoms with Gasteiger partial charge in [-0.25, -0.2) is 4.99 Å². The summed E-state index contributed by atoms with van der Waals surface area (Å²) in [6.07, 6.45) is 3.10. The van der Waals surface area contributed by atoms with E-state index in [9.17, 15) is 0 Å². The molecule has 0 radical (unpaired) electrons. The van der Waals surface area contributed by atoms with E-state index < -0.39 is 0 Å². The number of hydrogen-bond acceptors (Lipinski definition) is 4. The molecule has 0 saturated carbocycles. The molecular weight excluding hydrogens is 477 g/mol. The fraction of sp³-hybridized carbons (Fsp3) is 0.381. The van der Waals surface area contributed by atoms with E-state index in [0.717, 1.165) is 56.6 Å². The van der Waals surface area contributed by atoms with Crippen molar-refractivity contribution in [3.8, 4) is 0 Å². The van der Waals surface area contributed by atoms with Gasteiger partial charge in [-0.2, -0.15) is 0 Å². The monoisotopic (exact) mass is 505 g/mol. The number of nitrogens with one attached hydrogen (secondary N) is 2. The molecule has 1 aromatic carbocycles. The molecule has 0 unspecified atom stereocenters. The second-order valence-electron chi connectivity index (χ2n) is 6.96. The van der Waals surface area contributed by atoms with Gasteiger partial charge < -0.3 is 10.6 Å². The number of benzene rings is 1. The van der Waals surface area contributed by atoms with Crippen molar-refractivity contribution in [2.75, 3.05) is 26.2 Å². The zero-order valence-corrected chi connectivity index (χ0v) is 19.0. The Balaban J connectivity index is 0.00000240. The number of rotatable bonds is 6. The average Bonchev–Trinajstić information content (AvgIpc) is 3.15. The van der Waals surface area contributed by atoms with Crippen molar-refractivity contribution in [3.05, 3.63) is 65.6 Å². The fourth-order valence-electron chi connectivity index (χ4n) is 3.57. The molecule has 3 heterocycles. The summed E-state index contributed by atoms with van der Waals surface area (Å²) < 4.78 is 1.97. The summed E-state index contributed by atoms with van der Waals surface area (Å²) in [4.78, 5) is 7.17. The van der Waals surface area contributed by atoms with Crippen LogP contribution in [0.15, 0.2) is 53.7 Å². The number of aromatic nitrogens is 3. The maximum absolute atomic E-state index is 4.68. The first-order valence-corrected chi connectivity index (χ1v) is 9.93. The molecule has 2 aromatic heterocycles. The van der Waals surface area contributed by atoms with E-state index >= 15 is 0 Å². The molecule has 4 rings (SSSR count). The smallest absolute Gasteiger partial charge is 0.191 e. The molecule has 7 nitrogen and oxygen atoms in total. The lowest BCUT2D eigenvalue weighted by atomic mass is 10.00. The Kier molecular flexibility index (Phi) is 7.82. The number of pyridine rings is 1. The van der Waals surface area contributed by atoms with Crippen molar-refractivity contribution >= 4 is 35.6 Å². The molecule has 0 atom stereocenters. The van der Waals surface area contributed by atoms with Gasteiger partial charge in [0.1, 0.15) is 6.54 Å². The molecule has 29 heavy (non-hydrogen) atoms. The highest BCUT2D eigenvalue weighted by Gasteiger charge is 2.15. The highest BCUT2D eigenvalue weighted by molar-refractivity contribution is 14.0. The van der Waals surface area contributed by atoms with Crippen LogP contribution in [0.4, 0.5) is 0 Å². The van der Waals surface area contributed by atoms with Crippen LogP contribution in [0.1, 0.15) is 23.9 Å². The normalized spacial score (nSPS) is 14.3. The summed E-state index contributed by atoms with van der Waals surface area (Å²) >= 11 is 0. The van der Waals surface area contributed by atoms with E-state index in [1.54, 1.807) is 0 Å². The van der Waals surface area contributed by atoms with Gasteiger partial charge in [0.2, 0.25) is 0 Å². The van der Waals surface area contributed by atoms with Gasteiger partial charge >= 0.3 is 0 Å². The first-order valence-electron chi connectivity index (χ1n) is 9.93. The molecule has 0 spiro atoms. The van der Waals surface area contributed by atoms with Crippen LogP contribution in [0.5, 0.6) is 0 Å². The molecular formula is C21H28IN7. The van der Waals surface area contributed by atoms with E-state index in [-0.39, 0.29) is 24.0 Å². The van der Waals surface area contributed by atoms with E-state index in [0.29, 0.717) is 6.54 Å². The minimum absolute atomic E-state index is 0. The molecule has 154 valence electrons. The van der Waals surface area contributed by atoms with E-state index in [2.05, 4.69) is 61.9 Å². The van der Waals surface area contributed by atoms with Gasteiger partial charge in [-0.1, -0.05) is 30.3 Å². The molecule has 0 saturated heterocycles. The molecule has 1 aliphatic heterocycles. The largest absolute Gasteiger partial charge is 0.357 e. The van der Waals surface area contributed by atoms with Crippen LogP contribution in [0.25, 0.3) is 5.65 Å². The highest BCUT2D eigenvalue weighted by Crippen LogP contribution is 2.17. The second kappa shape index (κ2) is 10.5. The Morgan fingerprint density at radius 3 is 2.76 bits per heavy atom. The molecule has 2 N–H and O–H groups in total. The summed E-state index contributed by atoms with van der Waals surface area (Å²) in [5.41, 5.74) is 3.78. The number of hydrogen-bond donors (Lipinski definition) is 2. The van der Waals surface area contributed by atoms with Gasteiger partial charge in [0.05, 0.1) is 0 Å². The molecule has 3 aromatic rings. The average molecular weight is 505 g/mol. The van der Waals surface area contributed by atoms with Crippen LogP contribution in [0.3, 0.4) is 0 Å². The van der Waals surface area contributed by atoms with Crippen LogP contribution in [0.2, 0.25) is 0 Å². The molecule has 0 fully saturated rings. The lowest BCUT2D eigenvalue weighted by Gasteiger charge is -2.28. The third-order valence-electron chi connectivity index (χ3n) is 5.04. The predicted octanol–water partition coefficient (Wildman–Crippen LogP) is 2.46. The Bertz CT molecular complexity index is 953. The lowest BCUT2D eigenvalue weighted by molar-refractivity contribution is 0.258. The maximum atomic E-state index is 4.68. The van der Waals surface area contributed by atoms with Gasteiger partial charge in [-0.05, 0) is 36.6 Å². The van der Waals surface area contributed by atoms with Crippen molar-refractivity contribution in [1.82, 2.24) is 30.1 Å². The van der Waals surface area contributed by atoms with Crippen molar-refractivity contribution in [2.24, 2.45) is 4.99 Å². The first-order chi connectivity index (χ1) is 13.8. The maximum Gasteiger partial charge on any atom is 0.191 e. The zero-order valence-electron chi connectivity index (χ0n) is 16.7. The summed E-state index contributed by atoms with van der Waals surface area (Å²) in [6.45, 7) is 7.36. The number of aliphatic imine (C=N–C) groups is 1. The lowest BCUT2D eigenvalue weighted by Crippen LogP contribution is -2.42. The predicted molar refractivity (Wildman–Crippen MR) is 127 cm³/mol. The molecule has 1 aliphatic rings. The Morgan fingerprint density at radius 1 is 1.07 bits per heavy atom. The molecule has 0 bridgehead atoms. The van der Waals surface area contributed by atoms with Gasteiger partial charge in [-0.15, -0.1) is 34.2 Å². The third-order valence-corrected chi connectivity index (χ3v) is 5.04. The minimum atomic E-state index is 0. The minimum Gasteiger partial charge on any atom is -0.357 e. The van der Waals surface area contributed by atoms with Crippen LogP contribution >= 0.6 is 24.0 Å². The highest BCUT2D eigenvalue weighted by atomic mass is 127. The van der Waals surface area contributed by atoms with Gasteiger partial charge in [-0.3, -0.25) is 9.30 Å². The Labute approximate surface area is 188 Å². The third kappa shape index (κ3) is 5.45. The van der Waals surface area contributed by atoms with Crippen molar-refractivity contribution in [2.45, 2.75) is 26.4 Å². The quantitative estimate of drug-likeness (QED) is 0.306. The topological polar surface area (TPSA) is 69.8 Å². The van der Waals surface area contributed by atoms with Gasteiger partial charge in [0, 0.05) is 38.9 Å². The van der Waals surface area contributed by atoms with Gasteiger partial charge in [0.25, 0.3) is 0 Å². The number of fused-ring (bicyclic) bond motifs is 2. The summed E-state index contributed by atoms with van der Waals surface area (Å²) in [5.74, 6) is 1.65. The SMILES string of the molecule is CCNC(=NCc1nnc2ccccn12)NCCN1CCc2ccccc2C1.I. The first kappa shape index (κ1) is 21.5. The van der Waals surface area contributed by atoms with Crippen LogP contribution in [-0.2, 0) is 19.5 Å². The summed E-state index contributed by atoms with van der Waals surface area (Å²) in [7, 11) is 0. The zero-order chi connectivity index (χ0) is 19.2. The Hall–Kier alpha value is -2.20. The van der Waals surface area contributed by atoms with Crippen molar-refractivity contribution < 1.29 is 0 Å². The van der Waals surface area contributed by atoms with E-state index in [4.69, 9.17) is 0 Å². The number of halogens is 1. The van der Waals surface area contributed by atoms with Crippen LogP contribution in [-0.4, -0.2) is 51.6 Å². The number of nitrogens with zero attached hydrogens (tertiary/aromatic N) is 5. The van der Waals surface area contributed by atoms with E-state index in [1.165, 1.54) is 11.1 Å². The van der Waals surface area contributed by atoms with Gasteiger partial charge in [0.15, 0.2) is 17.4 Å². The van der Waals surface area contributed by atoms with Crippen LogP contribution in [0, 0.1) is 0 Å².